The fraction of sp³-hybridized carbons (Fsp3) is 0.500. The molecule has 0 saturated carbocycles. The van der Waals surface area contributed by atoms with Crippen LogP contribution < -0.4 is 0 Å². The Bertz CT molecular complexity index is 516. The lowest BCUT2D eigenvalue weighted by molar-refractivity contribution is 0.141. The van der Waals surface area contributed by atoms with Crippen molar-refractivity contribution >= 4 is 17.2 Å². The maximum absolute atomic E-state index is 6.26. The van der Waals surface area contributed by atoms with Crippen molar-refractivity contribution in [1.82, 2.24) is 9.80 Å². The number of allylic oxidation sites excluding steroid dienone is 2. The van der Waals surface area contributed by atoms with Crippen molar-refractivity contribution in [2.75, 3.05) is 39.3 Å². The lowest BCUT2D eigenvalue weighted by Gasteiger charge is -2.34. The molecule has 1 heterocycles. The molecule has 1 saturated heterocycles. The molecule has 0 aromatic heterocycles. The van der Waals surface area contributed by atoms with E-state index < -0.39 is 0 Å². The third-order valence-corrected chi connectivity index (χ3v) is 4.88. The van der Waals surface area contributed by atoms with Crippen LogP contribution in [0.3, 0.4) is 0 Å². The number of rotatable bonds is 8. The van der Waals surface area contributed by atoms with Gasteiger partial charge in [-0.2, -0.15) is 0 Å². The molecule has 0 spiro atoms. The van der Waals surface area contributed by atoms with Gasteiger partial charge in [0.05, 0.1) is 0 Å². The van der Waals surface area contributed by atoms with Crippen LogP contribution in [-0.4, -0.2) is 49.1 Å². The van der Waals surface area contributed by atoms with Gasteiger partial charge in [-0.25, -0.2) is 0 Å². The minimum Gasteiger partial charge on any atom is -0.301 e. The van der Waals surface area contributed by atoms with Gasteiger partial charge in [0, 0.05) is 37.7 Å². The van der Waals surface area contributed by atoms with Crippen molar-refractivity contribution < 1.29 is 0 Å². The number of unbranched alkanes of at least 4 members (excludes halogenated alkanes) is 2. The monoisotopic (exact) mass is 332 g/mol. The Morgan fingerprint density at radius 2 is 1.83 bits per heavy atom. The van der Waals surface area contributed by atoms with E-state index in [1.54, 1.807) is 0 Å². The average molecular weight is 333 g/mol. The minimum absolute atomic E-state index is 0.839. The normalized spacial score (nSPS) is 17.4. The number of hydrogen-bond acceptors (Lipinski definition) is 2. The van der Waals surface area contributed by atoms with Gasteiger partial charge in [0.1, 0.15) is 0 Å². The molecule has 0 aliphatic carbocycles. The zero-order chi connectivity index (χ0) is 16.5. The first kappa shape index (κ1) is 18.3. The predicted octanol–water partition coefficient (Wildman–Crippen LogP) is 4.72. The highest BCUT2D eigenvalue weighted by atomic mass is 35.5. The summed E-state index contributed by atoms with van der Waals surface area (Å²) in [5.41, 5.74) is 2.41. The minimum atomic E-state index is 0.839. The fourth-order valence-corrected chi connectivity index (χ4v) is 3.26. The van der Waals surface area contributed by atoms with Gasteiger partial charge >= 0.3 is 0 Å². The van der Waals surface area contributed by atoms with Crippen LogP contribution in [0.25, 0.3) is 5.57 Å². The van der Waals surface area contributed by atoms with Crippen LogP contribution >= 0.6 is 11.6 Å². The molecule has 0 amide bonds. The third kappa shape index (κ3) is 6.14. The van der Waals surface area contributed by atoms with Gasteiger partial charge in [-0.3, -0.25) is 4.90 Å². The van der Waals surface area contributed by atoms with Crippen LogP contribution in [0, 0.1) is 0 Å². The predicted molar refractivity (Wildman–Crippen MR) is 102 cm³/mol. The standard InChI is InChI=1S/C20H29ClN2/c1-3-4-5-8-12-22-14-16-23(17-15-22)13-11-18(2)19-9-6-7-10-20(19)21/h3,6-7,9-11H,1,4-5,8,12-17H2,2H3. The maximum Gasteiger partial charge on any atom is 0.0480 e. The van der Waals surface area contributed by atoms with E-state index in [2.05, 4.69) is 35.4 Å². The first-order valence-corrected chi connectivity index (χ1v) is 9.06. The Kier molecular flexibility index (Phi) is 7.87. The number of benzene rings is 1. The molecule has 0 bridgehead atoms. The van der Waals surface area contributed by atoms with Crippen molar-refractivity contribution in [3.8, 4) is 0 Å². The summed E-state index contributed by atoms with van der Waals surface area (Å²) in [6.07, 6.45) is 8.03. The Labute approximate surface area is 146 Å². The summed E-state index contributed by atoms with van der Waals surface area (Å²) in [7, 11) is 0. The van der Waals surface area contributed by atoms with E-state index in [0.717, 1.165) is 36.6 Å². The topological polar surface area (TPSA) is 6.48 Å². The lowest BCUT2D eigenvalue weighted by atomic mass is 10.1. The molecular formula is C20H29ClN2. The summed E-state index contributed by atoms with van der Waals surface area (Å²) in [6.45, 7) is 12.9. The van der Waals surface area contributed by atoms with Gasteiger partial charge in [0.2, 0.25) is 0 Å². The van der Waals surface area contributed by atoms with Crippen LogP contribution in [0.4, 0.5) is 0 Å². The molecule has 23 heavy (non-hydrogen) atoms. The van der Waals surface area contributed by atoms with Crippen molar-refractivity contribution in [1.29, 1.82) is 0 Å². The molecule has 2 rings (SSSR count). The molecule has 0 radical (unpaired) electrons. The van der Waals surface area contributed by atoms with Crippen molar-refractivity contribution in [2.24, 2.45) is 0 Å². The molecule has 1 aliphatic rings. The summed E-state index contributed by atoms with van der Waals surface area (Å²) < 4.78 is 0. The molecule has 126 valence electrons. The van der Waals surface area contributed by atoms with Gasteiger partial charge in [0.15, 0.2) is 0 Å². The Morgan fingerprint density at radius 3 is 2.52 bits per heavy atom. The van der Waals surface area contributed by atoms with E-state index in [0.29, 0.717) is 0 Å². The number of halogens is 1. The van der Waals surface area contributed by atoms with Crippen molar-refractivity contribution in [2.45, 2.75) is 26.2 Å². The van der Waals surface area contributed by atoms with Crippen molar-refractivity contribution in [3.05, 3.63) is 53.6 Å². The van der Waals surface area contributed by atoms with E-state index in [1.807, 2.05) is 24.3 Å². The van der Waals surface area contributed by atoms with Crippen LogP contribution in [0.2, 0.25) is 5.02 Å². The van der Waals surface area contributed by atoms with E-state index in [9.17, 15) is 0 Å². The molecule has 0 atom stereocenters. The van der Waals surface area contributed by atoms with Crippen LogP contribution in [0.5, 0.6) is 0 Å². The summed E-state index contributed by atoms with van der Waals surface area (Å²) in [5.74, 6) is 0. The zero-order valence-corrected chi connectivity index (χ0v) is 15.1. The average Bonchev–Trinajstić information content (AvgIpc) is 2.58. The summed E-state index contributed by atoms with van der Waals surface area (Å²) in [6, 6.07) is 8.08. The molecule has 1 aliphatic heterocycles. The second-order valence-corrected chi connectivity index (χ2v) is 6.70. The largest absolute Gasteiger partial charge is 0.301 e. The first-order valence-electron chi connectivity index (χ1n) is 8.68. The molecule has 1 aromatic rings. The van der Waals surface area contributed by atoms with Crippen molar-refractivity contribution in [3.63, 3.8) is 0 Å². The second-order valence-electron chi connectivity index (χ2n) is 6.29. The molecule has 3 heteroatoms. The zero-order valence-electron chi connectivity index (χ0n) is 14.3. The van der Waals surface area contributed by atoms with Gasteiger partial charge in [0.25, 0.3) is 0 Å². The van der Waals surface area contributed by atoms with E-state index in [1.165, 1.54) is 38.0 Å². The highest BCUT2D eigenvalue weighted by Gasteiger charge is 2.15. The highest BCUT2D eigenvalue weighted by Crippen LogP contribution is 2.23. The molecular weight excluding hydrogens is 304 g/mol. The number of hydrogen-bond donors (Lipinski definition) is 0. The van der Waals surface area contributed by atoms with Gasteiger partial charge < -0.3 is 4.90 Å². The first-order chi connectivity index (χ1) is 11.2. The second kappa shape index (κ2) is 9.92. The summed E-state index contributed by atoms with van der Waals surface area (Å²) >= 11 is 6.26. The molecule has 1 aromatic carbocycles. The quantitative estimate of drug-likeness (QED) is 0.502. The molecule has 2 nitrogen and oxygen atoms in total. The Balaban J connectivity index is 1.73. The Hall–Kier alpha value is -1.09. The maximum atomic E-state index is 6.26. The molecule has 1 fully saturated rings. The number of nitrogens with zero attached hydrogens (tertiary/aromatic N) is 2. The molecule has 0 unspecified atom stereocenters. The van der Waals surface area contributed by atoms with Gasteiger partial charge in [-0.15, -0.1) is 6.58 Å². The van der Waals surface area contributed by atoms with Gasteiger partial charge in [-0.05, 0) is 49.9 Å². The fourth-order valence-electron chi connectivity index (χ4n) is 2.98. The number of piperazine rings is 1. The van der Waals surface area contributed by atoms with E-state index in [4.69, 9.17) is 11.6 Å². The summed E-state index contributed by atoms with van der Waals surface area (Å²) in [4.78, 5) is 5.12. The van der Waals surface area contributed by atoms with Crippen LogP contribution in [0.15, 0.2) is 43.0 Å². The Morgan fingerprint density at radius 1 is 1.13 bits per heavy atom. The van der Waals surface area contributed by atoms with Crippen LogP contribution in [0.1, 0.15) is 31.7 Å². The third-order valence-electron chi connectivity index (χ3n) is 4.55. The highest BCUT2D eigenvalue weighted by molar-refractivity contribution is 6.32. The molecule has 0 N–H and O–H groups in total. The van der Waals surface area contributed by atoms with Crippen LogP contribution in [-0.2, 0) is 0 Å². The smallest absolute Gasteiger partial charge is 0.0480 e. The SMILES string of the molecule is C=CCCCCN1CCN(CC=C(C)c2ccccc2Cl)CC1. The lowest BCUT2D eigenvalue weighted by Crippen LogP contribution is -2.46. The van der Waals surface area contributed by atoms with Gasteiger partial charge in [-0.1, -0.05) is 42.0 Å². The summed E-state index contributed by atoms with van der Waals surface area (Å²) in [5, 5.41) is 0.839. The van der Waals surface area contributed by atoms with E-state index >= 15 is 0 Å². The van der Waals surface area contributed by atoms with E-state index in [-0.39, 0.29) is 0 Å².